The summed E-state index contributed by atoms with van der Waals surface area (Å²) in [6, 6.07) is 3.84. The molecule has 0 aliphatic carbocycles. The van der Waals surface area contributed by atoms with Crippen molar-refractivity contribution in [2.45, 2.75) is 12.8 Å². The number of halogens is 1. The van der Waals surface area contributed by atoms with E-state index in [1.807, 2.05) is 41.7 Å². The number of carboxylic acid groups (broad SMARTS) is 1. The number of carboxylic acids is 1. The van der Waals surface area contributed by atoms with Gasteiger partial charge in [0.1, 0.15) is 11.3 Å². The van der Waals surface area contributed by atoms with Crippen molar-refractivity contribution in [2.75, 3.05) is 19.0 Å². The SMILES string of the molecule is CN(C)c1cccn2c(CCC(=O)O)nc(Cl)c12. The summed E-state index contributed by atoms with van der Waals surface area (Å²) in [6.45, 7) is 0. The molecule has 2 aromatic rings. The highest BCUT2D eigenvalue weighted by Gasteiger charge is 2.14. The van der Waals surface area contributed by atoms with Gasteiger partial charge < -0.3 is 14.4 Å². The van der Waals surface area contributed by atoms with Gasteiger partial charge in [-0.2, -0.15) is 0 Å². The van der Waals surface area contributed by atoms with Crippen molar-refractivity contribution in [3.8, 4) is 0 Å². The third kappa shape index (κ3) is 2.26. The first kappa shape index (κ1) is 12.7. The van der Waals surface area contributed by atoms with Crippen molar-refractivity contribution >= 4 is 28.8 Å². The quantitative estimate of drug-likeness (QED) is 0.921. The molecular formula is C12H14ClN3O2. The van der Waals surface area contributed by atoms with E-state index in [0.29, 0.717) is 17.4 Å². The molecule has 0 unspecified atom stereocenters. The van der Waals surface area contributed by atoms with E-state index in [0.717, 1.165) is 11.2 Å². The van der Waals surface area contributed by atoms with Crippen molar-refractivity contribution < 1.29 is 9.90 Å². The Morgan fingerprint density at radius 2 is 2.28 bits per heavy atom. The first-order valence-corrected chi connectivity index (χ1v) is 5.93. The van der Waals surface area contributed by atoms with E-state index >= 15 is 0 Å². The smallest absolute Gasteiger partial charge is 0.303 e. The molecule has 0 radical (unpaired) electrons. The van der Waals surface area contributed by atoms with Crippen molar-refractivity contribution in [1.29, 1.82) is 0 Å². The lowest BCUT2D eigenvalue weighted by Gasteiger charge is -2.14. The third-order valence-electron chi connectivity index (χ3n) is 2.72. The van der Waals surface area contributed by atoms with Crippen LogP contribution in [0.3, 0.4) is 0 Å². The van der Waals surface area contributed by atoms with Gasteiger partial charge in [-0.25, -0.2) is 4.98 Å². The Morgan fingerprint density at radius 3 is 2.89 bits per heavy atom. The molecule has 2 rings (SSSR count). The number of imidazole rings is 1. The summed E-state index contributed by atoms with van der Waals surface area (Å²) in [5, 5.41) is 9.12. The molecule has 2 aromatic heterocycles. The summed E-state index contributed by atoms with van der Waals surface area (Å²) in [5.41, 5.74) is 1.76. The molecule has 0 spiro atoms. The highest BCUT2D eigenvalue weighted by atomic mass is 35.5. The van der Waals surface area contributed by atoms with Crippen LogP contribution in [0.1, 0.15) is 12.2 Å². The lowest BCUT2D eigenvalue weighted by atomic mass is 10.3. The molecule has 6 heteroatoms. The van der Waals surface area contributed by atoms with E-state index in [-0.39, 0.29) is 6.42 Å². The molecule has 0 saturated carbocycles. The van der Waals surface area contributed by atoms with Crippen LogP contribution in [0.25, 0.3) is 5.52 Å². The maximum Gasteiger partial charge on any atom is 0.303 e. The van der Waals surface area contributed by atoms with Crippen LogP contribution in [0.5, 0.6) is 0 Å². The molecule has 96 valence electrons. The Bertz CT molecular complexity index is 592. The maximum absolute atomic E-state index is 10.6. The number of aliphatic carboxylic acids is 1. The molecule has 0 bridgehead atoms. The lowest BCUT2D eigenvalue weighted by molar-refractivity contribution is -0.137. The topological polar surface area (TPSA) is 57.8 Å². The van der Waals surface area contributed by atoms with Gasteiger partial charge in [-0.05, 0) is 12.1 Å². The number of aryl methyl sites for hydroxylation is 1. The Hall–Kier alpha value is -1.75. The molecule has 0 saturated heterocycles. The monoisotopic (exact) mass is 267 g/mol. The Morgan fingerprint density at radius 1 is 1.56 bits per heavy atom. The Labute approximate surface area is 110 Å². The molecule has 0 aromatic carbocycles. The summed E-state index contributed by atoms with van der Waals surface area (Å²) in [6.07, 6.45) is 2.25. The second kappa shape index (κ2) is 4.86. The fraction of sp³-hybridized carbons (Fsp3) is 0.333. The predicted molar refractivity (Wildman–Crippen MR) is 70.5 cm³/mol. The van der Waals surface area contributed by atoms with Crippen LogP contribution in [0.15, 0.2) is 18.3 Å². The lowest BCUT2D eigenvalue weighted by Crippen LogP contribution is -2.10. The van der Waals surface area contributed by atoms with E-state index in [4.69, 9.17) is 16.7 Å². The molecule has 0 aliphatic rings. The summed E-state index contributed by atoms with van der Waals surface area (Å²) >= 11 is 6.14. The van der Waals surface area contributed by atoms with E-state index in [2.05, 4.69) is 4.98 Å². The van der Waals surface area contributed by atoms with Crippen LogP contribution < -0.4 is 4.90 Å². The minimum absolute atomic E-state index is 0.0433. The zero-order chi connectivity index (χ0) is 13.3. The van der Waals surface area contributed by atoms with Gasteiger partial charge in [0.05, 0.1) is 12.1 Å². The number of fused-ring (bicyclic) bond motifs is 1. The van der Waals surface area contributed by atoms with E-state index in [1.165, 1.54) is 0 Å². The van der Waals surface area contributed by atoms with Crippen molar-refractivity contribution in [1.82, 2.24) is 9.38 Å². The molecule has 0 fully saturated rings. The third-order valence-corrected chi connectivity index (χ3v) is 2.98. The molecule has 5 nitrogen and oxygen atoms in total. The minimum atomic E-state index is -0.841. The molecule has 0 amide bonds. The number of anilines is 1. The van der Waals surface area contributed by atoms with Gasteiger partial charge in [-0.1, -0.05) is 11.6 Å². The number of hydrogen-bond donors (Lipinski definition) is 1. The molecular weight excluding hydrogens is 254 g/mol. The van der Waals surface area contributed by atoms with Crippen LogP contribution in [-0.2, 0) is 11.2 Å². The van der Waals surface area contributed by atoms with E-state index in [9.17, 15) is 4.79 Å². The maximum atomic E-state index is 10.6. The largest absolute Gasteiger partial charge is 0.481 e. The highest BCUT2D eigenvalue weighted by molar-refractivity contribution is 6.33. The van der Waals surface area contributed by atoms with Crippen LogP contribution in [0.4, 0.5) is 5.69 Å². The standard InChI is InChI=1S/C12H14ClN3O2/c1-15(2)8-4-3-7-16-9(5-6-10(17)18)14-12(13)11(8)16/h3-4,7H,5-6H2,1-2H3,(H,17,18). The predicted octanol–water partition coefficient (Wildman–Crippen LogP) is 2.07. The van der Waals surface area contributed by atoms with Gasteiger partial charge in [0.15, 0.2) is 5.15 Å². The second-order valence-corrected chi connectivity index (χ2v) is 4.58. The van der Waals surface area contributed by atoms with Crippen LogP contribution >= 0.6 is 11.6 Å². The van der Waals surface area contributed by atoms with Crippen LogP contribution in [0.2, 0.25) is 5.15 Å². The molecule has 1 N–H and O–H groups in total. The van der Waals surface area contributed by atoms with Crippen LogP contribution in [-0.4, -0.2) is 34.6 Å². The first-order valence-electron chi connectivity index (χ1n) is 5.55. The van der Waals surface area contributed by atoms with Gasteiger partial charge in [-0.15, -0.1) is 0 Å². The number of carbonyl (C=O) groups is 1. The highest BCUT2D eigenvalue weighted by Crippen LogP contribution is 2.28. The van der Waals surface area contributed by atoms with Gasteiger partial charge in [0.2, 0.25) is 0 Å². The fourth-order valence-electron chi connectivity index (χ4n) is 1.89. The fourth-order valence-corrected chi connectivity index (χ4v) is 2.18. The van der Waals surface area contributed by atoms with Gasteiger partial charge in [-0.3, -0.25) is 4.79 Å². The van der Waals surface area contributed by atoms with E-state index in [1.54, 1.807) is 0 Å². The Kier molecular flexibility index (Phi) is 3.43. The van der Waals surface area contributed by atoms with Gasteiger partial charge >= 0.3 is 5.97 Å². The summed E-state index contributed by atoms with van der Waals surface area (Å²) in [7, 11) is 3.85. The Balaban J connectivity index is 2.51. The first-order chi connectivity index (χ1) is 8.50. The van der Waals surface area contributed by atoms with Crippen molar-refractivity contribution in [2.24, 2.45) is 0 Å². The second-order valence-electron chi connectivity index (χ2n) is 4.22. The van der Waals surface area contributed by atoms with Crippen molar-refractivity contribution in [3.63, 3.8) is 0 Å². The average molecular weight is 268 g/mol. The molecule has 0 aliphatic heterocycles. The van der Waals surface area contributed by atoms with E-state index < -0.39 is 5.97 Å². The van der Waals surface area contributed by atoms with Gasteiger partial charge in [0.25, 0.3) is 0 Å². The number of rotatable bonds is 4. The number of nitrogens with zero attached hydrogens (tertiary/aromatic N) is 3. The normalized spacial score (nSPS) is 10.8. The number of pyridine rings is 1. The summed E-state index contributed by atoms with van der Waals surface area (Å²) in [4.78, 5) is 16.8. The number of hydrogen-bond acceptors (Lipinski definition) is 3. The average Bonchev–Trinajstić information content (AvgIpc) is 2.64. The van der Waals surface area contributed by atoms with Crippen molar-refractivity contribution in [3.05, 3.63) is 29.3 Å². The molecule has 2 heterocycles. The van der Waals surface area contributed by atoms with Gasteiger partial charge in [0, 0.05) is 26.7 Å². The number of aromatic nitrogens is 2. The summed E-state index contributed by atoms with van der Waals surface area (Å²) < 4.78 is 1.85. The minimum Gasteiger partial charge on any atom is -0.481 e. The molecule has 18 heavy (non-hydrogen) atoms. The summed E-state index contributed by atoms with van der Waals surface area (Å²) in [5.74, 6) is -0.173. The zero-order valence-corrected chi connectivity index (χ0v) is 11.0. The zero-order valence-electron chi connectivity index (χ0n) is 10.2. The molecule has 0 atom stereocenters. The van der Waals surface area contributed by atoms with Crippen LogP contribution in [0, 0.1) is 0 Å².